The van der Waals surface area contributed by atoms with Gasteiger partial charge in [-0.15, -0.1) is 0 Å². The minimum atomic E-state index is 0.396. The summed E-state index contributed by atoms with van der Waals surface area (Å²) in [7, 11) is 0. The predicted octanol–water partition coefficient (Wildman–Crippen LogP) is 4.15. The number of nitrogens with one attached hydrogen (secondary N) is 1. The molecule has 108 valence electrons. The van der Waals surface area contributed by atoms with E-state index < -0.39 is 0 Å². The van der Waals surface area contributed by atoms with Crippen molar-refractivity contribution in [3.05, 3.63) is 46.7 Å². The normalized spacial score (nSPS) is 11.2. The van der Waals surface area contributed by atoms with Crippen LogP contribution in [0, 0.1) is 0 Å². The number of hydrogen-bond donors (Lipinski definition) is 1. The van der Waals surface area contributed by atoms with Crippen LogP contribution in [0.15, 0.2) is 30.5 Å². The molecule has 0 fully saturated rings. The topological polar surface area (TPSA) is 29.9 Å². The van der Waals surface area contributed by atoms with Gasteiger partial charge < -0.3 is 5.32 Å². The largest absolute Gasteiger partial charge is 0.313 e. The Hall–Kier alpha value is -1.32. The Morgan fingerprint density at radius 2 is 2.05 bits per heavy atom. The van der Waals surface area contributed by atoms with E-state index in [0.717, 1.165) is 30.2 Å². The third-order valence-electron chi connectivity index (χ3n) is 3.26. The number of aromatic nitrogens is 2. The Balaban J connectivity index is 2.37. The second kappa shape index (κ2) is 6.91. The molecule has 1 aromatic carbocycles. The molecule has 0 atom stereocenters. The Kier molecular flexibility index (Phi) is 5.21. The molecular weight excluding hydrogens is 270 g/mol. The van der Waals surface area contributed by atoms with Crippen molar-refractivity contribution in [3.63, 3.8) is 0 Å². The lowest BCUT2D eigenvalue weighted by molar-refractivity contribution is 0.658. The molecule has 0 amide bonds. The standard InChI is InChI=1S/C16H22ClN3/c1-4-9-18-10-13-11-19-20(16(13)12(2)3)15-8-6-5-7-14(15)17/h5-8,11-12,18H,4,9-10H2,1-3H3. The molecule has 20 heavy (non-hydrogen) atoms. The van der Waals surface area contributed by atoms with E-state index in [-0.39, 0.29) is 0 Å². The lowest BCUT2D eigenvalue weighted by atomic mass is 10.1. The maximum atomic E-state index is 6.30. The van der Waals surface area contributed by atoms with Gasteiger partial charge in [0.05, 0.1) is 22.6 Å². The van der Waals surface area contributed by atoms with E-state index in [1.807, 2.05) is 35.1 Å². The Bertz CT molecular complexity index is 561. The molecular formula is C16H22ClN3. The Morgan fingerprint density at radius 1 is 1.30 bits per heavy atom. The quantitative estimate of drug-likeness (QED) is 0.810. The van der Waals surface area contributed by atoms with Crippen LogP contribution in [0.5, 0.6) is 0 Å². The van der Waals surface area contributed by atoms with Crippen molar-refractivity contribution in [2.45, 2.75) is 39.7 Å². The first-order valence-electron chi connectivity index (χ1n) is 7.17. The van der Waals surface area contributed by atoms with Crippen LogP contribution in [0.2, 0.25) is 5.02 Å². The van der Waals surface area contributed by atoms with E-state index in [0.29, 0.717) is 5.92 Å². The molecule has 0 unspecified atom stereocenters. The minimum absolute atomic E-state index is 0.396. The third-order valence-corrected chi connectivity index (χ3v) is 3.58. The van der Waals surface area contributed by atoms with Crippen LogP contribution in [0.4, 0.5) is 0 Å². The fraction of sp³-hybridized carbons (Fsp3) is 0.438. The van der Waals surface area contributed by atoms with E-state index in [2.05, 4.69) is 31.2 Å². The zero-order valence-corrected chi connectivity index (χ0v) is 13.1. The first-order chi connectivity index (χ1) is 9.65. The molecule has 1 aromatic heterocycles. The van der Waals surface area contributed by atoms with Gasteiger partial charge in [0.1, 0.15) is 0 Å². The monoisotopic (exact) mass is 291 g/mol. The zero-order valence-electron chi connectivity index (χ0n) is 12.4. The number of benzene rings is 1. The van der Waals surface area contributed by atoms with Crippen molar-refractivity contribution in [3.8, 4) is 5.69 Å². The van der Waals surface area contributed by atoms with Crippen molar-refractivity contribution < 1.29 is 0 Å². The van der Waals surface area contributed by atoms with Gasteiger partial charge in [-0.3, -0.25) is 0 Å². The third kappa shape index (κ3) is 3.22. The average molecular weight is 292 g/mol. The summed E-state index contributed by atoms with van der Waals surface area (Å²) in [6, 6.07) is 7.83. The summed E-state index contributed by atoms with van der Waals surface area (Å²) in [4.78, 5) is 0. The van der Waals surface area contributed by atoms with Crippen LogP contribution >= 0.6 is 11.6 Å². The van der Waals surface area contributed by atoms with Crippen LogP contribution in [0.25, 0.3) is 5.69 Å². The summed E-state index contributed by atoms with van der Waals surface area (Å²) in [5, 5.41) is 8.71. The maximum absolute atomic E-state index is 6.30. The molecule has 3 nitrogen and oxygen atoms in total. The number of rotatable bonds is 6. The Morgan fingerprint density at radius 3 is 2.70 bits per heavy atom. The number of halogens is 1. The predicted molar refractivity (Wildman–Crippen MR) is 84.7 cm³/mol. The number of para-hydroxylation sites is 1. The van der Waals surface area contributed by atoms with Crippen LogP contribution < -0.4 is 5.32 Å². The van der Waals surface area contributed by atoms with Gasteiger partial charge in [0.25, 0.3) is 0 Å². The van der Waals surface area contributed by atoms with E-state index in [1.165, 1.54) is 11.3 Å². The molecule has 0 saturated heterocycles. The van der Waals surface area contributed by atoms with E-state index >= 15 is 0 Å². The molecule has 1 heterocycles. The summed E-state index contributed by atoms with van der Waals surface area (Å²) in [6.07, 6.45) is 3.08. The van der Waals surface area contributed by atoms with Gasteiger partial charge in [-0.25, -0.2) is 4.68 Å². The van der Waals surface area contributed by atoms with Crippen LogP contribution in [-0.2, 0) is 6.54 Å². The second-order valence-electron chi connectivity index (χ2n) is 5.25. The molecule has 0 bridgehead atoms. The molecule has 1 N–H and O–H groups in total. The van der Waals surface area contributed by atoms with E-state index in [4.69, 9.17) is 11.6 Å². The summed E-state index contributed by atoms with van der Waals surface area (Å²) in [5.74, 6) is 0.396. The molecule has 0 aliphatic heterocycles. The molecule has 0 saturated carbocycles. The average Bonchev–Trinajstić information content (AvgIpc) is 2.83. The first-order valence-corrected chi connectivity index (χ1v) is 7.55. The van der Waals surface area contributed by atoms with Gasteiger partial charge >= 0.3 is 0 Å². The van der Waals surface area contributed by atoms with Crippen LogP contribution in [0.3, 0.4) is 0 Å². The lowest BCUT2D eigenvalue weighted by Gasteiger charge is -2.14. The highest BCUT2D eigenvalue weighted by molar-refractivity contribution is 6.32. The molecule has 4 heteroatoms. The van der Waals surface area contributed by atoms with Crippen LogP contribution in [-0.4, -0.2) is 16.3 Å². The fourth-order valence-corrected chi connectivity index (χ4v) is 2.57. The van der Waals surface area contributed by atoms with Crippen molar-refractivity contribution in [1.29, 1.82) is 0 Å². The highest BCUT2D eigenvalue weighted by Gasteiger charge is 2.16. The second-order valence-corrected chi connectivity index (χ2v) is 5.66. The highest BCUT2D eigenvalue weighted by atomic mass is 35.5. The SMILES string of the molecule is CCCNCc1cnn(-c2ccccc2Cl)c1C(C)C. The van der Waals surface area contributed by atoms with Gasteiger partial charge in [-0.05, 0) is 31.0 Å². The molecule has 0 spiro atoms. The van der Waals surface area contributed by atoms with E-state index in [1.54, 1.807) is 0 Å². The van der Waals surface area contributed by atoms with Crippen LogP contribution in [0.1, 0.15) is 44.4 Å². The number of hydrogen-bond acceptors (Lipinski definition) is 2. The van der Waals surface area contributed by atoms with Gasteiger partial charge in [0.15, 0.2) is 0 Å². The van der Waals surface area contributed by atoms with Crippen molar-refractivity contribution in [1.82, 2.24) is 15.1 Å². The molecule has 0 aliphatic carbocycles. The van der Waals surface area contributed by atoms with Crippen molar-refractivity contribution in [2.75, 3.05) is 6.54 Å². The molecule has 0 aliphatic rings. The van der Waals surface area contributed by atoms with Crippen molar-refractivity contribution >= 4 is 11.6 Å². The molecule has 2 aromatic rings. The first kappa shape index (κ1) is 15.1. The lowest BCUT2D eigenvalue weighted by Crippen LogP contribution is -2.15. The van der Waals surface area contributed by atoms with Gasteiger partial charge in [0.2, 0.25) is 0 Å². The molecule has 0 radical (unpaired) electrons. The Labute approximate surface area is 126 Å². The van der Waals surface area contributed by atoms with Gasteiger partial charge in [-0.2, -0.15) is 5.10 Å². The van der Waals surface area contributed by atoms with Gasteiger partial charge in [-0.1, -0.05) is 44.5 Å². The smallest absolute Gasteiger partial charge is 0.0835 e. The number of nitrogens with zero attached hydrogens (tertiary/aromatic N) is 2. The fourth-order valence-electron chi connectivity index (χ4n) is 2.36. The van der Waals surface area contributed by atoms with Crippen molar-refractivity contribution in [2.24, 2.45) is 0 Å². The summed E-state index contributed by atoms with van der Waals surface area (Å²) in [5.41, 5.74) is 3.41. The summed E-state index contributed by atoms with van der Waals surface area (Å²) >= 11 is 6.30. The van der Waals surface area contributed by atoms with E-state index in [9.17, 15) is 0 Å². The zero-order chi connectivity index (χ0) is 14.5. The minimum Gasteiger partial charge on any atom is -0.313 e. The summed E-state index contributed by atoms with van der Waals surface area (Å²) in [6.45, 7) is 8.42. The molecule has 2 rings (SSSR count). The van der Waals surface area contributed by atoms with Gasteiger partial charge in [0, 0.05) is 12.1 Å². The maximum Gasteiger partial charge on any atom is 0.0835 e. The summed E-state index contributed by atoms with van der Waals surface area (Å²) < 4.78 is 1.97. The highest BCUT2D eigenvalue weighted by Crippen LogP contribution is 2.26.